The largest absolute Gasteiger partial charge is 0.500 e. The molecule has 25 heavy (non-hydrogen) atoms. The van der Waals surface area contributed by atoms with Crippen LogP contribution in [0.5, 0.6) is 11.5 Å². The first-order valence-corrected chi connectivity index (χ1v) is 7.94. The van der Waals surface area contributed by atoms with E-state index in [2.05, 4.69) is 4.98 Å². The number of carbonyl (C=O) groups is 1. The van der Waals surface area contributed by atoms with E-state index in [1.807, 2.05) is 24.3 Å². The standard InChI is InChI=1S/C17H12N2O5S/c1-24-14-9-10(8-12(16(14)21)19(22)23)6-7-13(20)17-18-11-4-2-3-5-15(11)25-17/h2-9,21H,1H3/b7-6+. The Morgan fingerprint density at radius 1 is 1.36 bits per heavy atom. The van der Waals surface area contributed by atoms with E-state index in [4.69, 9.17) is 4.74 Å². The number of nitro groups is 1. The number of aromatic hydroxyl groups is 1. The Morgan fingerprint density at radius 3 is 2.80 bits per heavy atom. The van der Waals surface area contributed by atoms with Crippen molar-refractivity contribution in [2.24, 2.45) is 0 Å². The maximum Gasteiger partial charge on any atom is 0.315 e. The maximum atomic E-state index is 12.3. The lowest BCUT2D eigenvalue weighted by atomic mass is 10.1. The van der Waals surface area contributed by atoms with E-state index in [1.165, 1.54) is 42.7 Å². The molecule has 0 spiro atoms. The summed E-state index contributed by atoms with van der Waals surface area (Å²) in [4.78, 5) is 26.8. The van der Waals surface area contributed by atoms with Gasteiger partial charge in [-0.3, -0.25) is 14.9 Å². The van der Waals surface area contributed by atoms with Crippen LogP contribution in [0.1, 0.15) is 15.4 Å². The van der Waals surface area contributed by atoms with Gasteiger partial charge in [-0.1, -0.05) is 18.2 Å². The minimum atomic E-state index is -0.718. The molecule has 1 heterocycles. The summed E-state index contributed by atoms with van der Waals surface area (Å²) in [5, 5.41) is 21.1. The van der Waals surface area contributed by atoms with Gasteiger partial charge in [0, 0.05) is 6.07 Å². The maximum absolute atomic E-state index is 12.3. The number of hydrogen-bond donors (Lipinski definition) is 1. The summed E-state index contributed by atoms with van der Waals surface area (Å²) in [5.74, 6) is -0.903. The molecule has 1 aromatic heterocycles. The Morgan fingerprint density at radius 2 is 2.12 bits per heavy atom. The van der Waals surface area contributed by atoms with Gasteiger partial charge in [-0.15, -0.1) is 11.3 Å². The van der Waals surface area contributed by atoms with Crippen LogP contribution in [-0.2, 0) is 0 Å². The number of carbonyl (C=O) groups excluding carboxylic acids is 1. The van der Waals surface area contributed by atoms with Gasteiger partial charge >= 0.3 is 5.69 Å². The van der Waals surface area contributed by atoms with Crippen LogP contribution >= 0.6 is 11.3 Å². The first kappa shape index (κ1) is 16.6. The summed E-state index contributed by atoms with van der Waals surface area (Å²) in [6.07, 6.45) is 2.70. The normalized spacial score (nSPS) is 11.1. The van der Waals surface area contributed by atoms with Crippen molar-refractivity contribution < 1.29 is 19.6 Å². The molecule has 0 unspecified atom stereocenters. The molecular formula is C17H12N2O5S. The van der Waals surface area contributed by atoms with Crippen LogP contribution in [-0.4, -0.2) is 27.9 Å². The Bertz CT molecular complexity index is 976. The highest BCUT2D eigenvalue weighted by Gasteiger charge is 2.19. The molecule has 126 valence electrons. The third-order valence-electron chi connectivity index (χ3n) is 3.43. The van der Waals surface area contributed by atoms with Gasteiger partial charge in [-0.05, 0) is 29.8 Å². The van der Waals surface area contributed by atoms with E-state index in [1.54, 1.807) is 0 Å². The molecule has 0 atom stereocenters. The van der Waals surface area contributed by atoms with Crippen molar-refractivity contribution in [1.82, 2.24) is 4.98 Å². The fourth-order valence-electron chi connectivity index (χ4n) is 2.23. The fraction of sp³-hybridized carbons (Fsp3) is 0.0588. The molecule has 3 aromatic rings. The third-order valence-corrected chi connectivity index (χ3v) is 4.48. The number of rotatable bonds is 5. The van der Waals surface area contributed by atoms with E-state index < -0.39 is 16.4 Å². The summed E-state index contributed by atoms with van der Waals surface area (Å²) in [6.45, 7) is 0. The molecule has 0 bridgehead atoms. The first-order valence-electron chi connectivity index (χ1n) is 7.13. The molecule has 0 saturated carbocycles. The number of nitro benzene ring substituents is 1. The Hall–Kier alpha value is -3.26. The Labute approximate surface area is 146 Å². The summed E-state index contributed by atoms with van der Waals surface area (Å²) in [6, 6.07) is 9.98. The van der Waals surface area contributed by atoms with Crippen LogP contribution < -0.4 is 4.74 Å². The molecule has 0 amide bonds. The number of methoxy groups -OCH3 is 1. The van der Waals surface area contributed by atoms with Gasteiger partial charge in [0.15, 0.2) is 10.8 Å². The van der Waals surface area contributed by atoms with Crippen molar-refractivity contribution in [3.63, 3.8) is 0 Å². The van der Waals surface area contributed by atoms with Gasteiger partial charge in [0.25, 0.3) is 0 Å². The van der Waals surface area contributed by atoms with Gasteiger partial charge < -0.3 is 9.84 Å². The van der Waals surface area contributed by atoms with E-state index in [9.17, 15) is 20.0 Å². The lowest BCUT2D eigenvalue weighted by Crippen LogP contribution is -1.94. The molecule has 0 fully saturated rings. The molecule has 8 heteroatoms. The van der Waals surface area contributed by atoms with Crippen LogP contribution in [0.4, 0.5) is 5.69 Å². The van der Waals surface area contributed by atoms with E-state index in [0.29, 0.717) is 10.6 Å². The number of fused-ring (bicyclic) bond motifs is 1. The van der Waals surface area contributed by atoms with Crippen molar-refractivity contribution in [2.75, 3.05) is 7.11 Å². The van der Waals surface area contributed by atoms with Crippen LogP contribution in [0.2, 0.25) is 0 Å². The molecule has 2 aromatic carbocycles. The van der Waals surface area contributed by atoms with Gasteiger partial charge in [0.1, 0.15) is 0 Å². The fourth-order valence-corrected chi connectivity index (χ4v) is 3.11. The van der Waals surface area contributed by atoms with Gasteiger partial charge in [0.2, 0.25) is 11.5 Å². The lowest BCUT2D eigenvalue weighted by molar-refractivity contribution is -0.386. The number of phenols is 1. The molecule has 0 saturated heterocycles. The molecule has 0 aliphatic heterocycles. The number of phenolic OH excluding ortho intramolecular Hbond substituents is 1. The van der Waals surface area contributed by atoms with Crippen LogP contribution in [0.25, 0.3) is 16.3 Å². The second kappa shape index (κ2) is 6.70. The molecular weight excluding hydrogens is 344 g/mol. The SMILES string of the molecule is COc1cc(/C=C/C(=O)c2nc3ccccc3s2)cc([N+](=O)[O-])c1O. The number of thiazole rings is 1. The summed E-state index contributed by atoms with van der Waals surface area (Å²) in [7, 11) is 1.29. The summed E-state index contributed by atoms with van der Waals surface area (Å²) < 4.78 is 5.83. The molecule has 0 aliphatic rings. The third kappa shape index (κ3) is 3.33. The van der Waals surface area contributed by atoms with E-state index >= 15 is 0 Å². The zero-order valence-corrected chi connectivity index (χ0v) is 13.8. The number of ketones is 1. The number of allylic oxidation sites excluding steroid dienone is 1. The van der Waals surface area contributed by atoms with Crippen molar-refractivity contribution >= 4 is 39.1 Å². The van der Waals surface area contributed by atoms with Crippen LogP contribution in [0.15, 0.2) is 42.5 Å². The second-order valence-electron chi connectivity index (χ2n) is 5.03. The van der Waals surface area contributed by atoms with Crippen molar-refractivity contribution in [3.05, 3.63) is 63.2 Å². The number of nitrogens with zero attached hydrogens (tertiary/aromatic N) is 2. The zero-order valence-electron chi connectivity index (χ0n) is 13.0. The average Bonchev–Trinajstić information content (AvgIpc) is 3.04. The van der Waals surface area contributed by atoms with Crippen LogP contribution in [0.3, 0.4) is 0 Å². The number of aromatic nitrogens is 1. The van der Waals surface area contributed by atoms with E-state index in [-0.39, 0.29) is 11.5 Å². The highest BCUT2D eigenvalue weighted by atomic mass is 32.1. The summed E-state index contributed by atoms with van der Waals surface area (Å²) in [5.41, 5.74) is 0.605. The lowest BCUT2D eigenvalue weighted by Gasteiger charge is -2.05. The number of para-hydroxylation sites is 1. The Balaban J connectivity index is 1.91. The number of benzene rings is 2. The highest BCUT2D eigenvalue weighted by Crippen LogP contribution is 2.37. The van der Waals surface area contributed by atoms with Crippen molar-refractivity contribution in [2.45, 2.75) is 0 Å². The van der Waals surface area contributed by atoms with Crippen molar-refractivity contribution in [1.29, 1.82) is 0 Å². The predicted molar refractivity (Wildman–Crippen MR) is 94.3 cm³/mol. The van der Waals surface area contributed by atoms with Gasteiger partial charge in [0.05, 0.1) is 22.2 Å². The molecule has 1 N–H and O–H groups in total. The molecule has 0 aliphatic carbocycles. The van der Waals surface area contributed by atoms with Crippen molar-refractivity contribution in [3.8, 4) is 11.5 Å². The smallest absolute Gasteiger partial charge is 0.315 e. The molecule has 3 rings (SSSR count). The number of ether oxygens (including phenoxy) is 1. The summed E-state index contributed by atoms with van der Waals surface area (Å²) >= 11 is 1.27. The monoisotopic (exact) mass is 356 g/mol. The first-order chi connectivity index (χ1) is 12.0. The van der Waals surface area contributed by atoms with E-state index in [0.717, 1.165) is 10.2 Å². The highest BCUT2D eigenvalue weighted by molar-refractivity contribution is 7.20. The minimum absolute atomic E-state index is 0.0405. The average molecular weight is 356 g/mol. The number of hydrogen-bond acceptors (Lipinski definition) is 7. The second-order valence-corrected chi connectivity index (χ2v) is 6.06. The zero-order chi connectivity index (χ0) is 18.0. The topological polar surface area (TPSA) is 103 Å². The van der Waals surface area contributed by atoms with Crippen LogP contribution in [0, 0.1) is 10.1 Å². The molecule has 0 radical (unpaired) electrons. The molecule has 7 nitrogen and oxygen atoms in total. The Kier molecular flexibility index (Phi) is 4.44. The minimum Gasteiger partial charge on any atom is -0.500 e. The van der Waals surface area contributed by atoms with Gasteiger partial charge in [-0.25, -0.2) is 4.98 Å². The quantitative estimate of drug-likeness (QED) is 0.323. The van der Waals surface area contributed by atoms with Gasteiger partial charge in [-0.2, -0.15) is 0 Å². The predicted octanol–water partition coefficient (Wildman–Crippen LogP) is 3.81.